The van der Waals surface area contributed by atoms with Gasteiger partial charge in [0, 0.05) is 19.8 Å². The van der Waals surface area contributed by atoms with Gasteiger partial charge in [0.05, 0.1) is 10.6 Å². The third-order valence-electron chi connectivity index (χ3n) is 3.33. The van der Waals surface area contributed by atoms with Gasteiger partial charge in [-0.2, -0.15) is 5.26 Å². The highest BCUT2D eigenvalue weighted by Crippen LogP contribution is 2.26. The van der Waals surface area contributed by atoms with Gasteiger partial charge in [-0.3, -0.25) is 0 Å². The average molecular weight is 362 g/mol. The fourth-order valence-electron chi connectivity index (χ4n) is 2.07. The summed E-state index contributed by atoms with van der Waals surface area (Å²) in [5, 5.41) is 9.89. The standard InChI is InChI=1S/C16H18N4O2S2/c1-11-15(9-17)16(19-12(2)18-11)23-10-13-6-5-7-14(8-13)24(21,22)20(3)4/h5-8H,10H2,1-4H3. The van der Waals surface area contributed by atoms with Crippen LogP contribution in [0.25, 0.3) is 0 Å². The molecule has 0 atom stereocenters. The molecule has 0 aliphatic rings. The summed E-state index contributed by atoms with van der Waals surface area (Å²) in [5.74, 6) is 1.12. The second kappa shape index (κ2) is 7.30. The van der Waals surface area contributed by atoms with E-state index in [-0.39, 0.29) is 4.90 Å². The number of aromatic nitrogens is 2. The topological polar surface area (TPSA) is 86.9 Å². The Morgan fingerprint density at radius 3 is 2.58 bits per heavy atom. The van der Waals surface area contributed by atoms with Gasteiger partial charge in [-0.15, -0.1) is 11.8 Å². The number of sulfonamides is 1. The number of benzene rings is 1. The van der Waals surface area contributed by atoms with Crippen LogP contribution in [-0.2, 0) is 15.8 Å². The van der Waals surface area contributed by atoms with Gasteiger partial charge in [0.2, 0.25) is 10.0 Å². The van der Waals surface area contributed by atoms with Crippen molar-refractivity contribution in [3.05, 3.63) is 46.9 Å². The lowest BCUT2D eigenvalue weighted by Gasteiger charge is -2.12. The van der Waals surface area contributed by atoms with Crippen LogP contribution < -0.4 is 0 Å². The number of hydrogen-bond acceptors (Lipinski definition) is 6. The minimum atomic E-state index is -3.46. The second-order valence-corrected chi connectivity index (χ2v) is 8.49. The minimum Gasteiger partial charge on any atom is -0.237 e. The van der Waals surface area contributed by atoms with Crippen LogP contribution >= 0.6 is 11.8 Å². The zero-order valence-electron chi connectivity index (χ0n) is 13.9. The quantitative estimate of drug-likeness (QED) is 0.600. The molecule has 24 heavy (non-hydrogen) atoms. The van der Waals surface area contributed by atoms with Gasteiger partial charge in [-0.1, -0.05) is 12.1 Å². The summed E-state index contributed by atoms with van der Waals surface area (Å²) < 4.78 is 25.6. The van der Waals surface area contributed by atoms with Crippen molar-refractivity contribution in [3.8, 4) is 6.07 Å². The van der Waals surface area contributed by atoms with E-state index in [0.717, 1.165) is 5.56 Å². The van der Waals surface area contributed by atoms with Crippen LogP contribution in [-0.4, -0.2) is 36.8 Å². The average Bonchev–Trinajstić information content (AvgIpc) is 2.52. The normalized spacial score (nSPS) is 11.5. The lowest BCUT2D eigenvalue weighted by Crippen LogP contribution is -2.22. The molecule has 0 amide bonds. The Balaban J connectivity index is 2.28. The third kappa shape index (κ3) is 3.93. The summed E-state index contributed by atoms with van der Waals surface area (Å²) in [6.07, 6.45) is 0. The van der Waals surface area contributed by atoms with Crippen molar-refractivity contribution < 1.29 is 8.42 Å². The lowest BCUT2D eigenvalue weighted by molar-refractivity contribution is 0.520. The molecule has 0 spiro atoms. The van der Waals surface area contributed by atoms with Gasteiger partial charge in [-0.05, 0) is 31.5 Å². The summed E-state index contributed by atoms with van der Waals surface area (Å²) in [6.45, 7) is 3.56. The number of thioether (sulfide) groups is 1. The molecule has 2 rings (SSSR count). The van der Waals surface area contributed by atoms with Crippen molar-refractivity contribution in [2.45, 2.75) is 29.5 Å². The van der Waals surface area contributed by atoms with Crippen molar-refractivity contribution in [2.24, 2.45) is 0 Å². The Kier molecular flexibility index (Phi) is 5.59. The van der Waals surface area contributed by atoms with Crippen molar-refractivity contribution in [3.63, 3.8) is 0 Å². The van der Waals surface area contributed by atoms with Crippen LogP contribution in [0.5, 0.6) is 0 Å². The smallest absolute Gasteiger partial charge is 0.237 e. The van der Waals surface area contributed by atoms with Crippen LogP contribution in [0, 0.1) is 25.2 Å². The summed E-state index contributed by atoms with van der Waals surface area (Å²) in [6, 6.07) is 8.92. The maximum absolute atomic E-state index is 12.2. The summed E-state index contributed by atoms with van der Waals surface area (Å²) >= 11 is 1.40. The first-order valence-corrected chi connectivity index (χ1v) is 9.58. The molecule has 0 aliphatic heterocycles. The fraction of sp³-hybridized carbons (Fsp3) is 0.312. The minimum absolute atomic E-state index is 0.251. The third-order valence-corrected chi connectivity index (χ3v) is 6.19. The van der Waals surface area contributed by atoms with Gasteiger partial charge in [-0.25, -0.2) is 22.7 Å². The Bertz CT molecular complexity index is 903. The molecular weight excluding hydrogens is 344 g/mol. The SMILES string of the molecule is Cc1nc(C)c(C#N)c(SCc2cccc(S(=O)(=O)N(C)C)c2)n1. The molecule has 0 bridgehead atoms. The number of rotatable bonds is 5. The Hall–Kier alpha value is -1.95. The van der Waals surface area contributed by atoms with E-state index >= 15 is 0 Å². The van der Waals surface area contributed by atoms with Crippen molar-refractivity contribution in [1.29, 1.82) is 5.26 Å². The van der Waals surface area contributed by atoms with Crippen LogP contribution in [0.4, 0.5) is 0 Å². The predicted molar refractivity (Wildman–Crippen MR) is 93.1 cm³/mol. The second-order valence-electron chi connectivity index (χ2n) is 5.37. The number of hydrogen-bond donors (Lipinski definition) is 0. The Labute approximate surface area is 146 Å². The Morgan fingerprint density at radius 2 is 1.96 bits per heavy atom. The van der Waals surface area contributed by atoms with Gasteiger partial charge < -0.3 is 0 Å². The van der Waals surface area contributed by atoms with Crippen LogP contribution in [0.15, 0.2) is 34.2 Å². The van der Waals surface area contributed by atoms with Crippen LogP contribution in [0.2, 0.25) is 0 Å². The highest BCUT2D eigenvalue weighted by atomic mass is 32.2. The van der Waals surface area contributed by atoms with E-state index in [0.29, 0.717) is 27.9 Å². The van der Waals surface area contributed by atoms with Gasteiger partial charge >= 0.3 is 0 Å². The van der Waals surface area contributed by atoms with Crippen LogP contribution in [0.1, 0.15) is 22.6 Å². The zero-order valence-corrected chi connectivity index (χ0v) is 15.6. The molecule has 0 unspecified atom stereocenters. The summed E-state index contributed by atoms with van der Waals surface area (Å²) in [7, 11) is -0.458. The molecule has 8 heteroatoms. The lowest BCUT2D eigenvalue weighted by atomic mass is 10.2. The fourth-order valence-corrected chi connectivity index (χ4v) is 4.06. The summed E-state index contributed by atoms with van der Waals surface area (Å²) in [4.78, 5) is 8.77. The summed E-state index contributed by atoms with van der Waals surface area (Å²) in [5.41, 5.74) is 1.96. The molecule has 0 saturated heterocycles. The molecule has 1 aromatic carbocycles. The van der Waals surface area contributed by atoms with Crippen molar-refractivity contribution >= 4 is 21.8 Å². The highest BCUT2D eigenvalue weighted by molar-refractivity contribution is 7.98. The zero-order chi connectivity index (χ0) is 17.9. The number of nitrogens with zero attached hydrogens (tertiary/aromatic N) is 4. The Morgan fingerprint density at radius 1 is 1.25 bits per heavy atom. The van der Waals surface area contributed by atoms with E-state index in [1.807, 2.05) is 6.07 Å². The molecule has 6 nitrogen and oxygen atoms in total. The van der Waals surface area contributed by atoms with E-state index in [4.69, 9.17) is 0 Å². The van der Waals surface area contributed by atoms with Gasteiger partial charge in [0.15, 0.2) is 0 Å². The highest BCUT2D eigenvalue weighted by Gasteiger charge is 2.17. The molecule has 1 heterocycles. The molecular formula is C16H18N4O2S2. The van der Waals surface area contributed by atoms with E-state index < -0.39 is 10.0 Å². The predicted octanol–water partition coefficient (Wildman–Crippen LogP) is 2.51. The van der Waals surface area contributed by atoms with E-state index in [9.17, 15) is 13.7 Å². The van der Waals surface area contributed by atoms with E-state index in [2.05, 4.69) is 16.0 Å². The van der Waals surface area contributed by atoms with Gasteiger partial charge in [0.25, 0.3) is 0 Å². The molecule has 0 N–H and O–H groups in total. The van der Waals surface area contributed by atoms with Crippen molar-refractivity contribution in [1.82, 2.24) is 14.3 Å². The first-order valence-electron chi connectivity index (χ1n) is 7.15. The molecule has 2 aromatic rings. The number of aryl methyl sites for hydroxylation is 2. The first kappa shape index (κ1) is 18.4. The maximum atomic E-state index is 12.2. The monoisotopic (exact) mass is 362 g/mol. The maximum Gasteiger partial charge on any atom is 0.242 e. The number of nitriles is 1. The largest absolute Gasteiger partial charge is 0.242 e. The molecule has 0 radical (unpaired) electrons. The molecule has 1 aromatic heterocycles. The van der Waals surface area contributed by atoms with Gasteiger partial charge in [0.1, 0.15) is 22.5 Å². The van der Waals surface area contributed by atoms with E-state index in [1.54, 1.807) is 32.0 Å². The van der Waals surface area contributed by atoms with E-state index in [1.165, 1.54) is 30.2 Å². The molecule has 0 fully saturated rings. The van der Waals surface area contributed by atoms with Crippen molar-refractivity contribution in [2.75, 3.05) is 14.1 Å². The molecule has 126 valence electrons. The first-order chi connectivity index (χ1) is 11.3. The van der Waals surface area contributed by atoms with Crippen LogP contribution in [0.3, 0.4) is 0 Å². The molecule has 0 aliphatic carbocycles. The molecule has 0 saturated carbocycles.